The van der Waals surface area contributed by atoms with E-state index < -0.39 is 5.97 Å². The molecule has 1 heterocycles. The first-order valence-electron chi connectivity index (χ1n) is 7.41. The fraction of sp³-hybridized carbons (Fsp3) is 0.733. The zero-order chi connectivity index (χ0) is 14.6. The van der Waals surface area contributed by atoms with Gasteiger partial charge in [-0.25, -0.2) is 4.98 Å². The summed E-state index contributed by atoms with van der Waals surface area (Å²) < 4.78 is 2.27. The number of carboxylic acids is 1. The Morgan fingerprint density at radius 1 is 1.50 bits per heavy atom. The number of imidazole rings is 1. The number of aromatic nitrogens is 2. The van der Waals surface area contributed by atoms with Crippen molar-refractivity contribution < 1.29 is 9.90 Å². The average Bonchev–Trinajstić information content (AvgIpc) is 3.12. The number of rotatable bonds is 9. The molecule has 20 heavy (non-hydrogen) atoms. The quantitative estimate of drug-likeness (QED) is 0.682. The Bertz CT molecular complexity index is 450. The number of nitrogens with one attached hydrogen (secondary N) is 1. The van der Waals surface area contributed by atoms with Crippen molar-refractivity contribution in [2.24, 2.45) is 5.41 Å². The molecular weight excluding hydrogens is 254 g/mol. The predicted molar refractivity (Wildman–Crippen MR) is 77.5 cm³/mol. The number of aliphatic carboxylic acids is 1. The summed E-state index contributed by atoms with van der Waals surface area (Å²) in [6.45, 7) is 6.01. The lowest BCUT2D eigenvalue weighted by molar-refractivity contribution is -0.137. The van der Waals surface area contributed by atoms with E-state index in [1.165, 1.54) is 18.5 Å². The third kappa shape index (κ3) is 4.63. The highest BCUT2D eigenvalue weighted by Gasteiger charge is 2.25. The molecule has 1 fully saturated rings. The number of nitrogens with zero attached hydrogens (tertiary/aromatic N) is 2. The van der Waals surface area contributed by atoms with Gasteiger partial charge in [0.15, 0.2) is 0 Å². The van der Waals surface area contributed by atoms with E-state index in [-0.39, 0.29) is 11.8 Å². The van der Waals surface area contributed by atoms with Crippen LogP contribution in [0.5, 0.6) is 0 Å². The Balaban J connectivity index is 1.67. The second kappa shape index (κ2) is 6.39. The summed E-state index contributed by atoms with van der Waals surface area (Å²) in [5.41, 5.74) is 1.32. The molecule has 5 nitrogen and oxygen atoms in total. The molecule has 0 aliphatic heterocycles. The maximum Gasteiger partial charge on any atom is 0.303 e. The topological polar surface area (TPSA) is 67.2 Å². The van der Waals surface area contributed by atoms with Gasteiger partial charge in [-0.3, -0.25) is 4.79 Å². The normalized spacial score (nSPS) is 15.5. The number of hydrogen-bond acceptors (Lipinski definition) is 3. The molecule has 0 bridgehead atoms. The Morgan fingerprint density at radius 3 is 2.90 bits per heavy atom. The monoisotopic (exact) mass is 279 g/mol. The van der Waals surface area contributed by atoms with Crippen LogP contribution >= 0.6 is 0 Å². The molecule has 2 rings (SSSR count). The van der Waals surface area contributed by atoms with Crippen LogP contribution in [0, 0.1) is 5.41 Å². The maximum absolute atomic E-state index is 10.6. The SMILES string of the molecule is CC(C)(CCNCc1cncn1C1CC1)CCC(=O)O. The molecule has 1 aromatic heterocycles. The van der Waals surface area contributed by atoms with Gasteiger partial charge in [-0.1, -0.05) is 13.8 Å². The minimum atomic E-state index is -0.709. The summed E-state index contributed by atoms with van der Waals surface area (Å²) in [6.07, 6.45) is 8.35. The highest BCUT2D eigenvalue weighted by atomic mass is 16.4. The molecule has 0 amide bonds. The standard InChI is InChI=1S/C15H25N3O2/c1-15(2,6-5-14(19)20)7-8-16-9-13-10-17-11-18(13)12-3-4-12/h10-12,16H,3-9H2,1-2H3,(H,19,20). The molecule has 5 heteroatoms. The number of hydrogen-bond donors (Lipinski definition) is 2. The van der Waals surface area contributed by atoms with Gasteiger partial charge in [0.2, 0.25) is 0 Å². The molecule has 0 spiro atoms. The fourth-order valence-corrected chi connectivity index (χ4v) is 2.36. The van der Waals surface area contributed by atoms with Gasteiger partial charge < -0.3 is 15.0 Å². The Kier molecular flexibility index (Phi) is 4.81. The third-order valence-electron chi connectivity index (χ3n) is 3.99. The molecule has 0 saturated heterocycles. The van der Waals surface area contributed by atoms with Gasteiger partial charge in [-0.2, -0.15) is 0 Å². The van der Waals surface area contributed by atoms with E-state index in [2.05, 4.69) is 28.7 Å². The van der Waals surface area contributed by atoms with Gasteiger partial charge in [0.1, 0.15) is 0 Å². The highest BCUT2D eigenvalue weighted by molar-refractivity contribution is 5.66. The summed E-state index contributed by atoms with van der Waals surface area (Å²) in [4.78, 5) is 14.8. The van der Waals surface area contributed by atoms with Crippen molar-refractivity contribution in [2.75, 3.05) is 6.54 Å². The first-order chi connectivity index (χ1) is 9.48. The lowest BCUT2D eigenvalue weighted by Crippen LogP contribution is -2.23. The van der Waals surface area contributed by atoms with Crippen LogP contribution in [0.15, 0.2) is 12.5 Å². The highest BCUT2D eigenvalue weighted by Crippen LogP contribution is 2.35. The molecule has 1 aromatic rings. The Morgan fingerprint density at radius 2 is 2.25 bits per heavy atom. The molecule has 1 aliphatic carbocycles. The molecule has 1 aliphatic rings. The lowest BCUT2D eigenvalue weighted by atomic mass is 9.84. The van der Waals surface area contributed by atoms with Gasteiger partial charge >= 0.3 is 5.97 Å². The van der Waals surface area contributed by atoms with Crippen molar-refractivity contribution in [2.45, 2.75) is 58.5 Å². The minimum absolute atomic E-state index is 0.0716. The zero-order valence-corrected chi connectivity index (χ0v) is 12.4. The van der Waals surface area contributed by atoms with Gasteiger partial charge in [0.25, 0.3) is 0 Å². The Hall–Kier alpha value is -1.36. The predicted octanol–water partition coefficient (Wildman–Crippen LogP) is 2.59. The molecule has 2 N–H and O–H groups in total. The van der Waals surface area contributed by atoms with Crippen LogP contribution in [-0.2, 0) is 11.3 Å². The zero-order valence-electron chi connectivity index (χ0n) is 12.4. The van der Waals surface area contributed by atoms with Crippen LogP contribution in [0.4, 0.5) is 0 Å². The summed E-state index contributed by atoms with van der Waals surface area (Å²) in [5, 5.41) is 12.2. The van der Waals surface area contributed by atoms with Gasteiger partial charge in [0.05, 0.1) is 12.0 Å². The van der Waals surface area contributed by atoms with E-state index in [4.69, 9.17) is 5.11 Å². The molecule has 0 unspecified atom stereocenters. The third-order valence-corrected chi connectivity index (χ3v) is 3.99. The molecule has 1 saturated carbocycles. The van der Waals surface area contributed by atoms with E-state index in [1.54, 1.807) is 0 Å². The first-order valence-corrected chi connectivity index (χ1v) is 7.41. The van der Waals surface area contributed by atoms with Gasteiger partial charge in [0, 0.05) is 25.2 Å². The Labute approximate surface area is 120 Å². The first kappa shape index (κ1) is 15.0. The van der Waals surface area contributed by atoms with E-state index in [0.717, 1.165) is 25.9 Å². The maximum atomic E-state index is 10.6. The minimum Gasteiger partial charge on any atom is -0.481 e. The van der Waals surface area contributed by atoms with Crippen LogP contribution in [0.1, 0.15) is 57.7 Å². The second-order valence-electron chi connectivity index (χ2n) is 6.51. The molecule has 112 valence electrons. The smallest absolute Gasteiger partial charge is 0.303 e. The lowest BCUT2D eigenvalue weighted by Gasteiger charge is -2.24. The average molecular weight is 279 g/mol. The van der Waals surface area contributed by atoms with Crippen LogP contribution in [0.25, 0.3) is 0 Å². The van der Waals surface area contributed by atoms with Gasteiger partial charge in [-0.05, 0) is 37.6 Å². The summed E-state index contributed by atoms with van der Waals surface area (Å²) in [5.74, 6) is -0.709. The molecule has 0 atom stereocenters. The fourth-order valence-electron chi connectivity index (χ4n) is 2.36. The van der Waals surface area contributed by atoms with Crippen molar-refractivity contribution in [1.29, 1.82) is 0 Å². The van der Waals surface area contributed by atoms with Crippen molar-refractivity contribution in [3.05, 3.63) is 18.2 Å². The molecular formula is C15H25N3O2. The summed E-state index contributed by atoms with van der Waals surface area (Å²) >= 11 is 0. The summed E-state index contributed by atoms with van der Waals surface area (Å²) in [6, 6.07) is 0.668. The van der Waals surface area contributed by atoms with E-state index in [1.807, 2.05) is 12.5 Å². The van der Waals surface area contributed by atoms with E-state index >= 15 is 0 Å². The van der Waals surface area contributed by atoms with Crippen molar-refractivity contribution in [3.63, 3.8) is 0 Å². The van der Waals surface area contributed by atoms with E-state index in [9.17, 15) is 4.79 Å². The van der Waals surface area contributed by atoms with Crippen LogP contribution in [-0.4, -0.2) is 27.2 Å². The molecule has 0 aromatic carbocycles. The van der Waals surface area contributed by atoms with Crippen molar-refractivity contribution >= 4 is 5.97 Å². The van der Waals surface area contributed by atoms with Crippen LogP contribution in [0.3, 0.4) is 0 Å². The van der Waals surface area contributed by atoms with Gasteiger partial charge in [-0.15, -0.1) is 0 Å². The number of carboxylic acid groups (broad SMARTS) is 1. The molecule has 0 radical (unpaired) electrons. The van der Waals surface area contributed by atoms with Crippen LogP contribution < -0.4 is 5.32 Å². The van der Waals surface area contributed by atoms with Crippen molar-refractivity contribution in [3.8, 4) is 0 Å². The number of carbonyl (C=O) groups is 1. The largest absolute Gasteiger partial charge is 0.481 e. The van der Waals surface area contributed by atoms with Crippen molar-refractivity contribution in [1.82, 2.24) is 14.9 Å². The second-order valence-corrected chi connectivity index (χ2v) is 6.51. The van der Waals surface area contributed by atoms with Crippen LogP contribution in [0.2, 0.25) is 0 Å². The summed E-state index contributed by atoms with van der Waals surface area (Å²) in [7, 11) is 0. The van der Waals surface area contributed by atoms with E-state index in [0.29, 0.717) is 6.04 Å².